The summed E-state index contributed by atoms with van der Waals surface area (Å²) in [5.41, 5.74) is 0.736. The van der Waals surface area contributed by atoms with Crippen molar-refractivity contribution in [2.24, 2.45) is 0 Å². The highest BCUT2D eigenvalue weighted by atomic mass is 32.2. The van der Waals surface area contributed by atoms with Crippen LogP contribution in [0.1, 0.15) is 24.6 Å². The lowest BCUT2D eigenvalue weighted by Gasteiger charge is -2.34. The number of rotatable bonds is 6. The summed E-state index contributed by atoms with van der Waals surface area (Å²) in [6.45, 7) is 1.83. The molecule has 5 rings (SSSR count). The van der Waals surface area contributed by atoms with E-state index >= 15 is 0 Å². The van der Waals surface area contributed by atoms with Gasteiger partial charge in [0.15, 0.2) is 23.0 Å². The normalized spacial score (nSPS) is 17.8. The summed E-state index contributed by atoms with van der Waals surface area (Å²) in [4.78, 5) is 2.29. The molecule has 164 valence electrons. The summed E-state index contributed by atoms with van der Waals surface area (Å²) in [5, 5.41) is 13.2. The maximum Gasteiger partial charge on any atom is 0.243 e. The van der Waals surface area contributed by atoms with Crippen LogP contribution in [-0.4, -0.2) is 72.9 Å². The first-order valence-electron chi connectivity index (χ1n) is 10.2. The minimum atomic E-state index is -3.64. The van der Waals surface area contributed by atoms with E-state index in [4.69, 9.17) is 14.6 Å². The third kappa shape index (κ3) is 3.57. The summed E-state index contributed by atoms with van der Waals surface area (Å²) in [6, 6.07) is 8.48. The van der Waals surface area contributed by atoms with Crippen molar-refractivity contribution in [1.29, 1.82) is 0 Å². The molecular weight excluding hydrogens is 420 g/mol. The molecule has 0 bridgehead atoms. The molecule has 1 aliphatic carbocycles. The fourth-order valence-corrected chi connectivity index (χ4v) is 5.28. The van der Waals surface area contributed by atoms with Gasteiger partial charge in [-0.15, -0.1) is 15.3 Å². The van der Waals surface area contributed by atoms with Crippen molar-refractivity contribution in [1.82, 2.24) is 24.1 Å². The number of aromatic nitrogens is 4. The molecule has 0 N–H and O–H groups in total. The Morgan fingerprint density at radius 3 is 2.35 bits per heavy atom. The van der Waals surface area contributed by atoms with Crippen molar-refractivity contribution in [3.05, 3.63) is 36.2 Å². The van der Waals surface area contributed by atoms with Gasteiger partial charge in [-0.05, 0) is 37.1 Å². The molecule has 1 aromatic carbocycles. The number of piperazine rings is 1. The maximum atomic E-state index is 13.1. The van der Waals surface area contributed by atoms with E-state index in [2.05, 4.69) is 15.1 Å². The van der Waals surface area contributed by atoms with Gasteiger partial charge in [0.1, 0.15) is 5.82 Å². The second-order valence-corrected chi connectivity index (χ2v) is 9.64. The third-order valence-corrected chi connectivity index (χ3v) is 7.67. The molecule has 0 radical (unpaired) electrons. The van der Waals surface area contributed by atoms with Crippen LogP contribution in [-0.2, 0) is 10.0 Å². The minimum Gasteiger partial charge on any atom is -0.493 e. The van der Waals surface area contributed by atoms with E-state index in [-0.39, 0.29) is 4.90 Å². The van der Waals surface area contributed by atoms with E-state index in [1.165, 1.54) is 24.6 Å². The average molecular weight is 445 g/mol. The minimum absolute atomic E-state index is 0.191. The molecule has 0 unspecified atom stereocenters. The highest BCUT2D eigenvalue weighted by molar-refractivity contribution is 7.89. The molecule has 1 aliphatic heterocycles. The maximum absolute atomic E-state index is 13.1. The van der Waals surface area contributed by atoms with E-state index in [0.717, 1.165) is 30.1 Å². The van der Waals surface area contributed by atoms with Gasteiger partial charge in [0.2, 0.25) is 10.0 Å². The van der Waals surface area contributed by atoms with Crippen molar-refractivity contribution in [3.8, 4) is 11.5 Å². The summed E-state index contributed by atoms with van der Waals surface area (Å²) >= 11 is 0. The van der Waals surface area contributed by atoms with E-state index in [9.17, 15) is 8.42 Å². The molecular formula is C20H24N6O4S. The predicted octanol–water partition coefficient (Wildman–Crippen LogP) is 1.53. The van der Waals surface area contributed by atoms with Crippen LogP contribution < -0.4 is 14.4 Å². The molecule has 11 heteroatoms. The van der Waals surface area contributed by atoms with E-state index in [0.29, 0.717) is 43.6 Å². The van der Waals surface area contributed by atoms with Crippen LogP contribution in [0.2, 0.25) is 0 Å². The number of fused-ring (bicyclic) bond motifs is 1. The van der Waals surface area contributed by atoms with Crippen LogP contribution in [0.15, 0.2) is 35.2 Å². The smallest absolute Gasteiger partial charge is 0.243 e. The third-order valence-electron chi connectivity index (χ3n) is 5.77. The monoisotopic (exact) mass is 444 g/mol. The molecule has 2 aromatic heterocycles. The molecule has 10 nitrogen and oxygen atoms in total. The number of nitrogens with zero attached hydrogens (tertiary/aromatic N) is 6. The van der Waals surface area contributed by atoms with E-state index in [1.807, 2.05) is 16.6 Å². The molecule has 0 amide bonds. The van der Waals surface area contributed by atoms with Crippen molar-refractivity contribution < 1.29 is 17.9 Å². The first-order valence-corrected chi connectivity index (χ1v) is 11.6. The lowest BCUT2D eigenvalue weighted by atomic mass is 10.3. The number of ether oxygens (including phenoxy) is 2. The molecule has 1 saturated heterocycles. The second-order valence-electron chi connectivity index (χ2n) is 7.70. The van der Waals surface area contributed by atoms with Crippen LogP contribution in [0, 0.1) is 0 Å². The Hall–Kier alpha value is -2.92. The highest BCUT2D eigenvalue weighted by Crippen LogP contribution is 2.38. The van der Waals surface area contributed by atoms with Gasteiger partial charge in [0.25, 0.3) is 0 Å². The number of methoxy groups -OCH3 is 2. The molecule has 31 heavy (non-hydrogen) atoms. The van der Waals surface area contributed by atoms with Crippen LogP contribution >= 0.6 is 0 Å². The first-order chi connectivity index (χ1) is 15.0. The SMILES string of the molecule is COc1ccc(S(=O)(=O)N2CCN(c3ccc4nnc(C5CC5)n4n3)CC2)cc1OC. The number of anilines is 1. The zero-order valence-corrected chi connectivity index (χ0v) is 18.2. The molecule has 2 aliphatic rings. The second kappa shape index (κ2) is 7.65. The van der Waals surface area contributed by atoms with Crippen LogP contribution in [0.4, 0.5) is 5.82 Å². The summed E-state index contributed by atoms with van der Waals surface area (Å²) in [7, 11) is -0.630. The fraction of sp³-hybridized carbons (Fsp3) is 0.450. The van der Waals surface area contributed by atoms with Crippen molar-refractivity contribution >= 4 is 21.5 Å². The van der Waals surface area contributed by atoms with Gasteiger partial charge in [-0.3, -0.25) is 0 Å². The number of hydrogen-bond donors (Lipinski definition) is 0. The topological polar surface area (TPSA) is 102 Å². The zero-order valence-electron chi connectivity index (χ0n) is 17.4. The van der Waals surface area contributed by atoms with Crippen LogP contribution in [0.25, 0.3) is 5.65 Å². The fourth-order valence-electron chi connectivity index (χ4n) is 3.84. The lowest BCUT2D eigenvalue weighted by molar-refractivity contribution is 0.353. The Labute approximate surface area is 180 Å². The van der Waals surface area contributed by atoms with Crippen molar-refractivity contribution in [2.45, 2.75) is 23.7 Å². The Kier molecular flexibility index (Phi) is 4.94. The molecule has 0 spiro atoms. The first kappa shape index (κ1) is 20.0. The standard InChI is InChI=1S/C20H24N6O4S/c1-29-16-6-5-15(13-17(16)30-2)31(27,28)25-11-9-24(10-12-25)19-8-7-18-21-22-20(14-3-4-14)26(18)23-19/h5-8,13-14H,3-4,9-12H2,1-2H3. The Morgan fingerprint density at radius 2 is 1.68 bits per heavy atom. The molecule has 3 heterocycles. The van der Waals surface area contributed by atoms with Crippen LogP contribution in [0.3, 0.4) is 0 Å². The molecule has 0 atom stereocenters. The van der Waals surface area contributed by atoms with Gasteiger partial charge in [-0.25, -0.2) is 8.42 Å². The Balaban J connectivity index is 1.33. The largest absolute Gasteiger partial charge is 0.493 e. The van der Waals surface area contributed by atoms with Gasteiger partial charge >= 0.3 is 0 Å². The summed E-state index contributed by atoms with van der Waals surface area (Å²) < 4.78 is 40.1. The molecule has 3 aromatic rings. The lowest BCUT2D eigenvalue weighted by Crippen LogP contribution is -2.49. The quantitative estimate of drug-likeness (QED) is 0.564. The van der Waals surface area contributed by atoms with Gasteiger partial charge in [-0.2, -0.15) is 8.82 Å². The van der Waals surface area contributed by atoms with Gasteiger partial charge in [0.05, 0.1) is 19.1 Å². The summed E-state index contributed by atoms with van der Waals surface area (Å²) in [6.07, 6.45) is 2.25. The number of sulfonamides is 1. The predicted molar refractivity (Wildman–Crippen MR) is 113 cm³/mol. The van der Waals surface area contributed by atoms with Gasteiger partial charge in [0, 0.05) is 38.2 Å². The van der Waals surface area contributed by atoms with Crippen LogP contribution in [0.5, 0.6) is 11.5 Å². The van der Waals surface area contributed by atoms with Crippen molar-refractivity contribution in [2.75, 3.05) is 45.3 Å². The van der Waals surface area contributed by atoms with E-state index < -0.39 is 10.0 Å². The molecule has 2 fully saturated rings. The average Bonchev–Trinajstić information content (AvgIpc) is 3.57. The highest BCUT2D eigenvalue weighted by Gasteiger charge is 2.31. The number of benzene rings is 1. The van der Waals surface area contributed by atoms with E-state index in [1.54, 1.807) is 12.1 Å². The zero-order chi connectivity index (χ0) is 21.6. The van der Waals surface area contributed by atoms with Gasteiger partial charge in [-0.1, -0.05) is 0 Å². The Morgan fingerprint density at radius 1 is 0.935 bits per heavy atom. The Bertz CT molecular complexity index is 1220. The van der Waals surface area contributed by atoms with Gasteiger partial charge < -0.3 is 14.4 Å². The van der Waals surface area contributed by atoms with Crippen molar-refractivity contribution in [3.63, 3.8) is 0 Å². The number of hydrogen-bond acceptors (Lipinski definition) is 8. The summed E-state index contributed by atoms with van der Waals surface area (Å²) in [5.74, 6) is 3.04. The molecule has 1 saturated carbocycles.